The van der Waals surface area contributed by atoms with Gasteiger partial charge in [-0.1, -0.05) is 60.7 Å². The summed E-state index contributed by atoms with van der Waals surface area (Å²) >= 11 is 0. The Bertz CT molecular complexity index is 701. The van der Waals surface area contributed by atoms with Gasteiger partial charge >= 0.3 is 0 Å². The van der Waals surface area contributed by atoms with Crippen molar-refractivity contribution >= 4 is 10.8 Å². The second-order valence-electron chi connectivity index (χ2n) is 4.96. The number of hydrogen-bond donors (Lipinski definition) is 0. The normalized spacial score (nSPS) is 10.7. The first-order valence-corrected chi connectivity index (χ1v) is 6.97. The minimum absolute atomic E-state index is 0.948. The molecule has 0 atom stereocenters. The standard InChI is InChI=1S/C19H18O/c1-20-19-14-13-16(17-9-5-6-10-18(17)19)12-11-15-7-3-2-4-8-15/h2-10,13-14H,11-12H2,1H3. The number of hydrogen-bond acceptors (Lipinski definition) is 1. The maximum atomic E-state index is 5.45. The van der Waals surface area contributed by atoms with E-state index in [4.69, 9.17) is 4.74 Å². The minimum Gasteiger partial charge on any atom is -0.496 e. The zero-order chi connectivity index (χ0) is 13.8. The lowest BCUT2D eigenvalue weighted by Gasteiger charge is -2.10. The molecule has 0 radical (unpaired) electrons. The van der Waals surface area contributed by atoms with Gasteiger partial charge < -0.3 is 4.74 Å². The van der Waals surface area contributed by atoms with E-state index in [2.05, 4.69) is 66.7 Å². The molecule has 0 spiro atoms. The SMILES string of the molecule is COc1ccc(CCc2ccccc2)c2ccccc12. The molecule has 0 bridgehead atoms. The van der Waals surface area contributed by atoms with E-state index in [9.17, 15) is 0 Å². The van der Waals surface area contributed by atoms with Crippen molar-refractivity contribution < 1.29 is 4.74 Å². The third kappa shape index (κ3) is 2.53. The molecule has 0 saturated heterocycles. The van der Waals surface area contributed by atoms with E-state index in [1.807, 2.05) is 0 Å². The number of fused-ring (bicyclic) bond motifs is 1. The maximum Gasteiger partial charge on any atom is 0.126 e. The number of ether oxygens (including phenoxy) is 1. The van der Waals surface area contributed by atoms with Gasteiger partial charge in [0.15, 0.2) is 0 Å². The summed E-state index contributed by atoms with van der Waals surface area (Å²) < 4.78 is 5.45. The highest BCUT2D eigenvalue weighted by atomic mass is 16.5. The summed E-state index contributed by atoms with van der Waals surface area (Å²) in [6.07, 6.45) is 2.12. The van der Waals surface area contributed by atoms with Gasteiger partial charge in [0.25, 0.3) is 0 Å². The third-order valence-electron chi connectivity index (χ3n) is 3.72. The van der Waals surface area contributed by atoms with Gasteiger partial charge in [-0.2, -0.15) is 0 Å². The maximum absolute atomic E-state index is 5.45. The molecule has 0 aliphatic rings. The molecule has 0 aliphatic heterocycles. The quantitative estimate of drug-likeness (QED) is 0.666. The predicted molar refractivity (Wildman–Crippen MR) is 84.4 cm³/mol. The molecule has 0 aliphatic carbocycles. The third-order valence-corrected chi connectivity index (χ3v) is 3.72. The first kappa shape index (κ1) is 12.7. The van der Waals surface area contributed by atoms with E-state index in [0.717, 1.165) is 18.6 Å². The van der Waals surface area contributed by atoms with E-state index < -0.39 is 0 Å². The number of benzene rings is 3. The van der Waals surface area contributed by atoms with Gasteiger partial charge in [-0.25, -0.2) is 0 Å². The molecular weight excluding hydrogens is 244 g/mol. The van der Waals surface area contributed by atoms with Gasteiger partial charge in [-0.05, 0) is 35.4 Å². The Kier molecular flexibility index (Phi) is 3.69. The fourth-order valence-electron chi connectivity index (χ4n) is 2.65. The molecule has 0 aromatic heterocycles. The van der Waals surface area contributed by atoms with Crippen LogP contribution >= 0.6 is 0 Å². The van der Waals surface area contributed by atoms with Crippen LogP contribution in [0.1, 0.15) is 11.1 Å². The number of aryl methyl sites for hydroxylation is 2. The summed E-state index contributed by atoms with van der Waals surface area (Å²) in [5, 5.41) is 2.49. The topological polar surface area (TPSA) is 9.23 Å². The second-order valence-corrected chi connectivity index (χ2v) is 4.96. The zero-order valence-corrected chi connectivity index (χ0v) is 11.7. The molecule has 0 amide bonds. The first-order valence-electron chi connectivity index (χ1n) is 6.97. The molecule has 0 saturated carbocycles. The van der Waals surface area contributed by atoms with Crippen molar-refractivity contribution in [3.63, 3.8) is 0 Å². The molecule has 100 valence electrons. The summed E-state index contributed by atoms with van der Waals surface area (Å²) in [5.41, 5.74) is 2.76. The highest BCUT2D eigenvalue weighted by molar-refractivity contribution is 5.91. The summed E-state index contributed by atoms with van der Waals surface area (Å²) in [6, 6.07) is 23.3. The van der Waals surface area contributed by atoms with Gasteiger partial charge in [0.1, 0.15) is 5.75 Å². The van der Waals surface area contributed by atoms with E-state index in [1.54, 1.807) is 7.11 Å². The Balaban J connectivity index is 1.92. The number of methoxy groups -OCH3 is 1. The Hall–Kier alpha value is -2.28. The molecule has 3 aromatic rings. The summed E-state index contributed by atoms with van der Waals surface area (Å²) in [6.45, 7) is 0. The lowest BCUT2D eigenvalue weighted by molar-refractivity contribution is 0.419. The fraction of sp³-hybridized carbons (Fsp3) is 0.158. The molecule has 3 rings (SSSR count). The monoisotopic (exact) mass is 262 g/mol. The molecule has 1 nitrogen and oxygen atoms in total. The van der Waals surface area contributed by atoms with Crippen LogP contribution in [-0.2, 0) is 12.8 Å². The van der Waals surface area contributed by atoms with Gasteiger partial charge in [-0.3, -0.25) is 0 Å². The van der Waals surface area contributed by atoms with Crippen LogP contribution in [0.25, 0.3) is 10.8 Å². The van der Waals surface area contributed by atoms with Gasteiger partial charge in [0.05, 0.1) is 7.11 Å². The van der Waals surface area contributed by atoms with Crippen LogP contribution in [0.15, 0.2) is 66.7 Å². The lowest BCUT2D eigenvalue weighted by Crippen LogP contribution is -1.94. The van der Waals surface area contributed by atoms with Crippen molar-refractivity contribution in [1.82, 2.24) is 0 Å². The Morgan fingerprint density at radius 2 is 1.40 bits per heavy atom. The van der Waals surface area contributed by atoms with Gasteiger partial charge in [0, 0.05) is 5.39 Å². The minimum atomic E-state index is 0.948. The summed E-state index contributed by atoms with van der Waals surface area (Å²) in [7, 11) is 1.73. The summed E-state index contributed by atoms with van der Waals surface area (Å²) in [5.74, 6) is 0.948. The van der Waals surface area contributed by atoms with Gasteiger partial charge in [-0.15, -0.1) is 0 Å². The first-order chi connectivity index (χ1) is 9.88. The fourth-order valence-corrected chi connectivity index (χ4v) is 2.65. The van der Waals surface area contributed by atoms with Crippen LogP contribution in [0.4, 0.5) is 0 Å². The van der Waals surface area contributed by atoms with Crippen LogP contribution in [0.2, 0.25) is 0 Å². The van der Waals surface area contributed by atoms with Gasteiger partial charge in [0.2, 0.25) is 0 Å². The number of rotatable bonds is 4. The molecule has 0 heterocycles. The van der Waals surface area contributed by atoms with Crippen molar-refractivity contribution in [3.8, 4) is 5.75 Å². The van der Waals surface area contributed by atoms with Crippen LogP contribution in [-0.4, -0.2) is 7.11 Å². The average Bonchev–Trinajstić information content (AvgIpc) is 2.53. The molecule has 0 N–H and O–H groups in total. The summed E-state index contributed by atoms with van der Waals surface area (Å²) in [4.78, 5) is 0. The molecule has 20 heavy (non-hydrogen) atoms. The second kappa shape index (κ2) is 5.79. The van der Waals surface area contributed by atoms with Crippen molar-refractivity contribution in [2.24, 2.45) is 0 Å². The molecule has 3 aromatic carbocycles. The van der Waals surface area contributed by atoms with Crippen molar-refractivity contribution in [2.75, 3.05) is 7.11 Å². The highest BCUT2D eigenvalue weighted by Gasteiger charge is 2.05. The molecule has 0 fully saturated rings. The van der Waals surface area contributed by atoms with Crippen LogP contribution < -0.4 is 4.74 Å². The Labute approximate surface area is 119 Å². The Morgan fingerprint density at radius 3 is 2.15 bits per heavy atom. The predicted octanol–water partition coefficient (Wildman–Crippen LogP) is 4.63. The molecular formula is C19H18O. The van der Waals surface area contributed by atoms with Crippen LogP contribution in [0.5, 0.6) is 5.75 Å². The largest absolute Gasteiger partial charge is 0.496 e. The zero-order valence-electron chi connectivity index (χ0n) is 11.7. The van der Waals surface area contributed by atoms with E-state index >= 15 is 0 Å². The van der Waals surface area contributed by atoms with Crippen molar-refractivity contribution in [2.45, 2.75) is 12.8 Å². The van der Waals surface area contributed by atoms with Crippen LogP contribution in [0.3, 0.4) is 0 Å². The highest BCUT2D eigenvalue weighted by Crippen LogP contribution is 2.28. The van der Waals surface area contributed by atoms with Crippen molar-refractivity contribution in [1.29, 1.82) is 0 Å². The molecule has 1 heteroatoms. The van der Waals surface area contributed by atoms with Crippen molar-refractivity contribution in [3.05, 3.63) is 77.9 Å². The smallest absolute Gasteiger partial charge is 0.126 e. The average molecular weight is 262 g/mol. The van der Waals surface area contributed by atoms with E-state index in [-0.39, 0.29) is 0 Å². The van der Waals surface area contributed by atoms with E-state index in [1.165, 1.54) is 21.9 Å². The van der Waals surface area contributed by atoms with Crippen LogP contribution in [0, 0.1) is 0 Å². The Morgan fingerprint density at radius 1 is 0.700 bits per heavy atom. The van der Waals surface area contributed by atoms with E-state index in [0.29, 0.717) is 0 Å². The lowest BCUT2D eigenvalue weighted by atomic mass is 9.98. The molecule has 0 unspecified atom stereocenters.